The van der Waals surface area contributed by atoms with Crippen molar-refractivity contribution in [2.45, 2.75) is 75.1 Å². The fourth-order valence-corrected chi connectivity index (χ4v) is 7.65. The van der Waals surface area contributed by atoms with E-state index in [-0.39, 0.29) is 12.0 Å². The molecule has 1 N–H and O–H groups in total. The average Bonchev–Trinajstić information content (AvgIpc) is 3.01. The van der Waals surface area contributed by atoms with E-state index >= 15 is 0 Å². The highest BCUT2D eigenvalue weighted by Crippen LogP contribution is 2.44. The topological polar surface area (TPSA) is 101 Å². The van der Waals surface area contributed by atoms with E-state index < -0.39 is 39.2 Å². The SMILES string of the molecule is COC(=O)C1CCCCC1S(=O)(=O)N1C(C(=O)O)CC2CCCCC21. The first kappa shape index (κ1) is 18.6. The van der Waals surface area contributed by atoms with E-state index in [0.29, 0.717) is 25.7 Å². The summed E-state index contributed by atoms with van der Waals surface area (Å²) in [6.07, 6.45) is 6.32. The van der Waals surface area contributed by atoms with Crippen molar-refractivity contribution in [1.82, 2.24) is 4.31 Å². The van der Waals surface area contributed by atoms with Gasteiger partial charge in [0.2, 0.25) is 10.0 Å². The second-order valence-corrected chi connectivity index (χ2v) is 9.59. The molecular weight excluding hydrogens is 346 g/mol. The van der Waals surface area contributed by atoms with E-state index in [1.54, 1.807) is 0 Å². The molecule has 0 aromatic carbocycles. The Balaban J connectivity index is 1.95. The molecule has 3 aliphatic rings. The molecule has 0 bridgehead atoms. The van der Waals surface area contributed by atoms with Crippen molar-refractivity contribution in [2.24, 2.45) is 11.8 Å². The Morgan fingerprint density at radius 3 is 2.36 bits per heavy atom. The molecule has 0 aromatic heterocycles. The number of aliphatic carboxylic acids is 1. The molecule has 2 aliphatic carbocycles. The zero-order valence-corrected chi connectivity index (χ0v) is 15.4. The van der Waals surface area contributed by atoms with Crippen molar-refractivity contribution in [3.63, 3.8) is 0 Å². The summed E-state index contributed by atoms with van der Waals surface area (Å²) in [6.45, 7) is 0. The van der Waals surface area contributed by atoms with Crippen molar-refractivity contribution >= 4 is 22.0 Å². The summed E-state index contributed by atoms with van der Waals surface area (Å²) >= 11 is 0. The normalized spacial score (nSPS) is 36.6. The molecule has 3 rings (SSSR count). The van der Waals surface area contributed by atoms with Gasteiger partial charge in [-0.25, -0.2) is 8.42 Å². The number of carboxylic acids is 1. The lowest BCUT2D eigenvalue weighted by molar-refractivity contribution is -0.146. The molecule has 0 amide bonds. The predicted molar refractivity (Wildman–Crippen MR) is 90.3 cm³/mol. The smallest absolute Gasteiger partial charge is 0.322 e. The first-order valence-corrected chi connectivity index (χ1v) is 10.7. The summed E-state index contributed by atoms with van der Waals surface area (Å²) < 4.78 is 33.0. The van der Waals surface area contributed by atoms with Crippen LogP contribution in [-0.4, -0.2) is 54.2 Å². The maximum absolute atomic E-state index is 13.4. The van der Waals surface area contributed by atoms with Crippen molar-refractivity contribution in [3.05, 3.63) is 0 Å². The molecule has 1 aliphatic heterocycles. The summed E-state index contributed by atoms with van der Waals surface area (Å²) in [4.78, 5) is 23.9. The zero-order valence-electron chi connectivity index (χ0n) is 14.6. The number of rotatable bonds is 4. The van der Waals surface area contributed by atoms with Gasteiger partial charge in [-0.1, -0.05) is 25.7 Å². The maximum atomic E-state index is 13.4. The minimum atomic E-state index is -3.88. The molecule has 25 heavy (non-hydrogen) atoms. The van der Waals surface area contributed by atoms with Gasteiger partial charge in [-0.15, -0.1) is 0 Å². The number of fused-ring (bicyclic) bond motifs is 1. The molecule has 3 fully saturated rings. The fraction of sp³-hybridized carbons (Fsp3) is 0.882. The van der Waals surface area contributed by atoms with E-state index in [1.165, 1.54) is 11.4 Å². The molecule has 5 unspecified atom stereocenters. The van der Waals surface area contributed by atoms with Gasteiger partial charge in [-0.3, -0.25) is 9.59 Å². The van der Waals surface area contributed by atoms with Crippen LogP contribution in [0, 0.1) is 11.8 Å². The number of methoxy groups -OCH3 is 1. The molecular formula is C17H27NO6S. The molecule has 0 radical (unpaired) electrons. The van der Waals surface area contributed by atoms with E-state index in [0.717, 1.165) is 32.1 Å². The van der Waals surface area contributed by atoms with E-state index in [1.807, 2.05) is 0 Å². The molecule has 1 heterocycles. The second-order valence-electron chi connectivity index (χ2n) is 7.53. The van der Waals surface area contributed by atoms with Crippen LogP contribution in [0.2, 0.25) is 0 Å². The number of carboxylic acid groups (broad SMARTS) is 1. The number of ether oxygens (including phenoxy) is 1. The van der Waals surface area contributed by atoms with Crippen molar-refractivity contribution in [2.75, 3.05) is 7.11 Å². The van der Waals surface area contributed by atoms with Crippen molar-refractivity contribution in [3.8, 4) is 0 Å². The minimum Gasteiger partial charge on any atom is -0.480 e. The standard InChI is InChI=1S/C17H27NO6S/c1-24-17(21)12-7-3-5-9-15(12)25(22,23)18-13-8-4-2-6-11(13)10-14(18)16(19)20/h11-15H,2-10H2,1H3,(H,19,20). The van der Waals surface area contributed by atoms with Crippen LogP contribution in [0.25, 0.3) is 0 Å². The lowest BCUT2D eigenvalue weighted by Gasteiger charge is -2.37. The van der Waals surface area contributed by atoms with Gasteiger partial charge in [0.25, 0.3) is 0 Å². The van der Waals surface area contributed by atoms with Crippen LogP contribution < -0.4 is 0 Å². The second kappa shape index (κ2) is 7.23. The Labute approximate surface area is 148 Å². The third kappa shape index (κ3) is 3.30. The lowest BCUT2D eigenvalue weighted by atomic mass is 9.85. The van der Waals surface area contributed by atoms with Crippen LogP contribution in [0.4, 0.5) is 0 Å². The van der Waals surface area contributed by atoms with Crippen molar-refractivity contribution in [1.29, 1.82) is 0 Å². The fourth-order valence-electron chi connectivity index (χ4n) is 5.03. The van der Waals surface area contributed by atoms with Gasteiger partial charge in [0.1, 0.15) is 6.04 Å². The Morgan fingerprint density at radius 2 is 1.68 bits per heavy atom. The number of carbonyl (C=O) groups is 2. The van der Waals surface area contributed by atoms with Crippen LogP contribution in [0.5, 0.6) is 0 Å². The highest BCUT2D eigenvalue weighted by Gasteiger charge is 2.54. The molecule has 5 atom stereocenters. The number of esters is 1. The third-order valence-electron chi connectivity index (χ3n) is 6.20. The highest BCUT2D eigenvalue weighted by atomic mass is 32.2. The summed E-state index contributed by atoms with van der Waals surface area (Å²) in [7, 11) is -2.61. The van der Waals surface area contributed by atoms with Crippen molar-refractivity contribution < 1.29 is 27.9 Å². The zero-order chi connectivity index (χ0) is 18.2. The third-order valence-corrected chi connectivity index (χ3v) is 8.64. The van der Waals surface area contributed by atoms with Crippen LogP contribution in [-0.2, 0) is 24.3 Å². The first-order valence-electron chi connectivity index (χ1n) is 9.21. The molecule has 1 saturated heterocycles. The Kier molecular flexibility index (Phi) is 5.39. The first-order chi connectivity index (χ1) is 11.9. The summed E-state index contributed by atoms with van der Waals surface area (Å²) in [5.41, 5.74) is 0. The van der Waals surface area contributed by atoms with Gasteiger partial charge < -0.3 is 9.84 Å². The minimum absolute atomic E-state index is 0.116. The van der Waals surface area contributed by atoms with Gasteiger partial charge in [0.05, 0.1) is 18.3 Å². The van der Waals surface area contributed by atoms with Crippen LogP contribution in [0.1, 0.15) is 57.8 Å². The summed E-state index contributed by atoms with van der Waals surface area (Å²) in [5, 5.41) is 8.75. The number of carbonyl (C=O) groups excluding carboxylic acids is 1. The summed E-state index contributed by atoms with van der Waals surface area (Å²) in [6, 6.07) is -1.24. The van der Waals surface area contributed by atoms with Gasteiger partial charge in [-0.05, 0) is 38.0 Å². The summed E-state index contributed by atoms with van der Waals surface area (Å²) in [5.74, 6) is -2.16. The predicted octanol–water partition coefficient (Wildman–Crippen LogP) is 1.77. The largest absolute Gasteiger partial charge is 0.480 e. The molecule has 2 saturated carbocycles. The van der Waals surface area contributed by atoms with Crippen LogP contribution in [0.3, 0.4) is 0 Å². The molecule has 8 heteroatoms. The van der Waals surface area contributed by atoms with E-state index in [2.05, 4.69) is 0 Å². The number of nitrogens with zero attached hydrogens (tertiary/aromatic N) is 1. The van der Waals surface area contributed by atoms with Crippen LogP contribution >= 0.6 is 0 Å². The van der Waals surface area contributed by atoms with Gasteiger partial charge in [0.15, 0.2) is 0 Å². The molecule has 0 aromatic rings. The van der Waals surface area contributed by atoms with Gasteiger partial charge in [-0.2, -0.15) is 4.31 Å². The van der Waals surface area contributed by atoms with E-state index in [4.69, 9.17) is 4.74 Å². The molecule has 7 nitrogen and oxygen atoms in total. The number of hydrogen-bond donors (Lipinski definition) is 1. The Morgan fingerprint density at radius 1 is 1.04 bits per heavy atom. The highest BCUT2D eigenvalue weighted by molar-refractivity contribution is 7.89. The average molecular weight is 373 g/mol. The lowest BCUT2D eigenvalue weighted by Crippen LogP contribution is -2.53. The monoisotopic (exact) mass is 373 g/mol. The van der Waals surface area contributed by atoms with Gasteiger partial charge in [0, 0.05) is 6.04 Å². The van der Waals surface area contributed by atoms with Crippen LogP contribution in [0.15, 0.2) is 0 Å². The van der Waals surface area contributed by atoms with E-state index in [9.17, 15) is 23.1 Å². The maximum Gasteiger partial charge on any atom is 0.322 e. The Hall–Kier alpha value is -1.15. The Bertz CT molecular complexity index is 633. The quantitative estimate of drug-likeness (QED) is 0.754. The molecule has 142 valence electrons. The molecule has 0 spiro atoms. The van der Waals surface area contributed by atoms with Gasteiger partial charge >= 0.3 is 11.9 Å². The number of sulfonamides is 1. The number of hydrogen-bond acceptors (Lipinski definition) is 5.